The molecular weight excluding hydrogens is 420 g/mol. The summed E-state index contributed by atoms with van der Waals surface area (Å²) in [6.07, 6.45) is 3.78. The van der Waals surface area contributed by atoms with Crippen LogP contribution >= 0.6 is 0 Å². The van der Waals surface area contributed by atoms with E-state index >= 15 is 0 Å². The number of nitrogens with zero attached hydrogens (tertiary/aromatic N) is 2. The SMILES string of the molecule is COC(=O)c1ccc(COc2ccc(C=Cc3ccc4c([N+](=O)[O-])cccc4n3)cc2)cc1. The van der Waals surface area contributed by atoms with E-state index in [-0.39, 0.29) is 11.7 Å². The van der Waals surface area contributed by atoms with Gasteiger partial charge in [0, 0.05) is 6.07 Å². The van der Waals surface area contributed by atoms with Crippen molar-refractivity contribution in [2.45, 2.75) is 6.61 Å². The summed E-state index contributed by atoms with van der Waals surface area (Å²) in [6, 6.07) is 23.0. The Bertz CT molecular complexity index is 1330. The number of ether oxygens (including phenoxy) is 2. The van der Waals surface area contributed by atoms with Gasteiger partial charge in [-0.25, -0.2) is 9.78 Å². The van der Waals surface area contributed by atoms with Gasteiger partial charge in [0.2, 0.25) is 0 Å². The number of non-ortho nitro benzene ring substituents is 1. The van der Waals surface area contributed by atoms with Gasteiger partial charge >= 0.3 is 5.97 Å². The molecule has 0 aliphatic heterocycles. The third-order valence-corrected chi connectivity index (χ3v) is 5.03. The molecule has 4 aromatic rings. The number of benzene rings is 3. The highest BCUT2D eigenvalue weighted by molar-refractivity contribution is 5.89. The molecule has 0 aliphatic carbocycles. The Labute approximate surface area is 190 Å². The Hall–Kier alpha value is -4.52. The maximum atomic E-state index is 11.5. The number of aromatic nitrogens is 1. The topological polar surface area (TPSA) is 91.6 Å². The molecule has 0 unspecified atom stereocenters. The second kappa shape index (κ2) is 9.74. The van der Waals surface area contributed by atoms with E-state index in [0.29, 0.717) is 28.8 Å². The van der Waals surface area contributed by atoms with Crippen LogP contribution in [0.25, 0.3) is 23.1 Å². The number of fused-ring (bicyclic) bond motifs is 1. The van der Waals surface area contributed by atoms with Crippen LogP contribution < -0.4 is 4.74 Å². The number of nitro benzene ring substituents is 1. The van der Waals surface area contributed by atoms with Crippen molar-refractivity contribution in [2.75, 3.05) is 7.11 Å². The molecule has 1 aromatic heterocycles. The highest BCUT2D eigenvalue weighted by Crippen LogP contribution is 2.24. The minimum atomic E-state index is -0.402. The van der Waals surface area contributed by atoms with E-state index in [9.17, 15) is 14.9 Å². The summed E-state index contributed by atoms with van der Waals surface area (Å²) in [4.78, 5) is 26.7. The minimum Gasteiger partial charge on any atom is -0.489 e. The van der Waals surface area contributed by atoms with Crippen LogP contribution in [0, 0.1) is 10.1 Å². The lowest BCUT2D eigenvalue weighted by atomic mass is 10.1. The van der Waals surface area contributed by atoms with Crippen LogP contribution in [0.4, 0.5) is 5.69 Å². The number of rotatable bonds is 7. The van der Waals surface area contributed by atoms with Crippen molar-refractivity contribution in [3.8, 4) is 5.75 Å². The molecule has 3 aromatic carbocycles. The molecule has 0 radical (unpaired) electrons. The lowest BCUT2D eigenvalue weighted by Crippen LogP contribution is -2.01. The summed E-state index contributed by atoms with van der Waals surface area (Å²) in [5.41, 5.74) is 3.73. The Morgan fingerprint density at radius 3 is 2.42 bits per heavy atom. The first-order valence-electron chi connectivity index (χ1n) is 10.2. The average molecular weight is 440 g/mol. The van der Waals surface area contributed by atoms with E-state index in [1.54, 1.807) is 36.4 Å². The van der Waals surface area contributed by atoms with Gasteiger partial charge < -0.3 is 9.47 Å². The van der Waals surface area contributed by atoms with E-state index in [2.05, 4.69) is 4.98 Å². The molecule has 7 nitrogen and oxygen atoms in total. The normalized spacial score (nSPS) is 10.9. The number of carbonyl (C=O) groups is 1. The molecule has 0 N–H and O–H groups in total. The number of hydrogen-bond donors (Lipinski definition) is 0. The third kappa shape index (κ3) is 5.22. The van der Waals surface area contributed by atoms with Crippen molar-refractivity contribution in [1.29, 1.82) is 0 Å². The molecular formula is C26H20N2O5. The monoisotopic (exact) mass is 440 g/mol. The molecule has 1 heterocycles. The molecule has 7 heteroatoms. The van der Waals surface area contributed by atoms with Crippen LogP contribution in [0.3, 0.4) is 0 Å². The summed E-state index contributed by atoms with van der Waals surface area (Å²) >= 11 is 0. The Kier molecular flexibility index (Phi) is 6.40. The second-order valence-electron chi connectivity index (χ2n) is 7.22. The van der Waals surface area contributed by atoms with E-state index in [1.807, 2.05) is 48.6 Å². The van der Waals surface area contributed by atoms with Gasteiger partial charge in [-0.1, -0.05) is 36.4 Å². The Morgan fingerprint density at radius 2 is 1.73 bits per heavy atom. The molecule has 164 valence electrons. The van der Waals surface area contributed by atoms with Gasteiger partial charge in [-0.05, 0) is 59.7 Å². The second-order valence-corrected chi connectivity index (χ2v) is 7.22. The lowest BCUT2D eigenvalue weighted by Gasteiger charge is -2.07. The molecule has 0 fully saturated rings. The fourth-order valence-electron chi connectivity index (χ4n) is 3.28. The molecule has 0 atom stereocenters. The lowest BCUT2D eigenvalue weighted by molar-refractivity contribution is -0.383. The van der Waals surface area contributed by atoms with Crippen molar-refractivity contribution in [3.63, 3.8) is 0 Å². The zero-order valence-electron chi connectivity index (χ0n) is 17.8. The Balaban J connectivity index is 1.39. The molecule has 0 spiro atoms. The number of carbonyl (C=O) groups excluding carboxylic acids is 1. The maximum Gasteiger partial charge on any atom is 0.337 e. The first-order valence-corrected chi connectivity index (χ1v) is 10.2. The van der Waals surface area contributed by atoms with Gasteiger partial charge in [-0.2, -0.15) is 0 Å². The van der Waals surface area contributed by atoms with Gasteiger partial charge in [0.15, 0.2) is 0 Å². The highest BCUT2D eigenvalue weighted by Gasteiger charge is 2.11. The molecule has 0 saturated heterocycles. The molecule has 0 amide bonds. The summed E-state index contributed by atoms with van der Waals surface area (Å²) in [5, 5.41) is 11.7. The van der Waals surface area contributed by atoms with Crippen molar-refractivity contribution in [1.82, 2.24) is 4.98 Å². The smallest absolute Gasteiger partial charge is 0.337 e. The van der Waals surface area contributed by atoms with Crippen molar-refractivity contribution in [3.05, 3.63) is 111 Å². The quantitative estimate of drug-likeness (QED) is 0.209. The standard InChI is InChI=1S/C26H20N2O5/c1-32-26(29)20-10-5-19(6-11-20)17-33-22-14-8-18(9-15-22)7-12-21-13-16-23-24(27-21)3-2-4-25(23)28(30)31/h2-16H,17H2,1H3. The van der Waals surface area contributed by atoms with Gasteiger partial charge in [-0.15, -0.1) is 0 Å². The molecule has 0 saturated carbocycles. The zero-order valence-corrected chi connectivity index (χ0v) is 17.8. The summed E-state index contributed by atoms with van der Waals surface area (Å²) in [5.74, 6) is 0.353. The van der Waals surface area contributed by atoms with Crippen molar-refractivity contribution >= 4 is 34.7 Å². The summed E-state index contributed by atoms with van der Waals surface area (Å²) < 4.78 is 10.5. The summed E-state index contributed by atoms with van der Waals surface area (Å²) in [7, 11) is 1.35. The van der Waals surface area contributed by atoms with Crippen LogP contribution in [0.5, 0.6) is 5.75 Å². The van der Waals surface area contributed by atoms with E-state index in [4.69, 9.17) is 9.47 Å². The van der Waals surface area contributed by atoms with E-state index in [1.165, 1.54) is 13.2 Å². The first kappa shape index (κ1) is 21.7. The maximum absolute atomic E-state index is 11.5. The van der Waals surface area contributed by atoms with Crippen molar-refractivity contribution in [2.24, 2.45) is 0 Å². The predicted molar refractivity (Wildman–Crippen MR) is 126 cm³/mol. The number of methoxy groups -OCH3 is 1. The molecule has 0 bridgehead atoms. The number of esters is 1. The van der Waals surface area contributed by atoms with Crippen molar-refractivity contribution < 1.29 is 19.2 Å². The van der Waals surface area contributed by atoms with Crippen LogP contribution in [-0.2, 0) is 11.3 Å². The molecule has 4 rings (SSSR count). The predicted octanol–water partition coefficient (Wildman–Crippen LogP) is 5.68. The van der Waals surface area contributed by atoms with Gasteiger partial charge in [0.05, 0.1) is 34.2 Å². The fraction of sp³-hybridized carbons (Fsp3) is 0.0769. The fourth-order valence-corrected chi connectivity index (χ4v) is 3.28. The van der Waals surface area contributed by atoms with Gasteiger partial charge in [0.1, 0.15) is 12.4 Å². The first-order chi connectivity index (χ1) is 16.0. The van der Waals surface area contributed by atoms with Gasteiger partial charge in [-0.3, -0.25) is 10.1 Å². The number of hydrogen-bond acceptors (Lipinski definition) is 6. The largest absolute Gasteiger partial charge is 0.489 e. The van der Waals surface area contributed by atoms with Gasteiger partial charge in [0.25, 0.3) is 5.69 Å². The van der Waals surface area contributed by atoms with Crippen LogP contribution in [0.2, 0.25) is 0 Å². The van der Waals surface area contributed by atoms with Crippen LogP contribution in [0.15, 0.2) is 78.9 Å². The highest BCUT2D eigenvalue weighted by atomic mass is 16.6. The van der Waals surface area contributed by atoms with Crippen LogP contribution in [-0.4, -0.2) is 23.0 Å². The molecule has 33 heavy (non-hydrogen) atoms. The number of nitro groups is 1. The zero-order chi connectivity index (χ0) is 23.2. The van der Waals surface area contributed by atoms with E-state index < -0.39 is 4.92 Å². The van der Waals surface area contributed by atoms with Crippen LogP contribution in [0.1, 0.15) is 27.2 Å². The summed E-state index contributed by atoms with van der Waals surface area (Å²) in [6.45, 7) is 0.379. The number of pyridine rings is 1. The average Bonchev–Trinajstić information content (AvgIpc) is 2.86. The minimum absolute atomic E-state index is 0.0468. The van der Waals surface area contributed by atoms with E-state index in [0.717, 1.165) is 16.9 Å². The molecule has 0 aliphatic rings. The Morgan fingerprint density at radius 1 is 0.970 bits per heavy atom. The third-order valence-electron chi connectivity index (χ3n) is 5.03.